The first-order chi connectivity index (χ1) is 26.4. The summed E-state index contributed by atoms with van der Waals surface area (Å²) < 4.78 is 121. The molecule has 1 aromatic heterocycles. The number of rotatable bonds is 3. The first-order valence-electron chi connectivity index (χ1n) is 20.5. The Kier molecular flexibility index (Phi) is 3.47. The van der Waals surface area contributed by atoms with Gasteiger partial charge in [-0.05, 0) is 72.5 Å². The molecule has 0 aliphatic heterocycles. The van der Waals surface area contributed by atoms with Crippen LogP contribution in [0.2, 0.25) is 0 Å². The molecule has 43 heavy (non-hydrogen) atoms. The van der Waals surface area contributed by atoms with E-state index >= 15 is 0 Å². The van der Waals surface area contributed by atoms with Crippen LogP contribution in [-0.4, -0.2) is 0 Å². The van der Waals surface area contributed by atoms with Crippen LogP contribution in [0.25, 0.3) is 76.9 Å². The van der Waals surface area contributed by atoms with E-state index in [1.165, 1.54) is 0 Å². The monoisotopic (exact) mass is 565 g/mol. The van der Waals surface area contributed by atoms with Crippen molar-refractivity contribution in [3.8, 4) is 33.4 Å². The number of benzene rings is 7. The number of hydrogen-bond donors (Lipinski definition) is 0. The molecule has 1 heteroatoms. The molecular weight excluding hydrogens is 520 g/mol. The first kappa shape index (κ1) is 15.4. The second-order valence-electron chi connectivity index (χ2n) is 11.6. The minimum absolute atomic E-state index is 0.0652. The van der Waals surface area contributed by atoms with Crippen LogP contribution < -0.4 is 0 Å². The molecule has 0 atom stereocenters. The maximum Gasteiger partial charge on any atom is 0.143 e. The van der Waals surface area contributed by atoms with Gasteiger partial charge >= 0.3 is 0 Å². The third-order valence-corrected chi connectivity index (χ3v) is 7.95. The Morgan fingerprint density at radius 2 is 1.12 bits per heavy atom. The molecule has 0 fully saturated rings. The molecule has 0 radical (unpaired) electrons. The van der Waals surface area contributed by atoms with Crippen LogP contribution in [0.1, 0.15) is 44.2 Å². The van der Waals surface area contributed by atoms with Gasteiger partial charge in [0.2, 0.25) is 0 Å². The van der Waals surface area contributed by atoms with Gasteiger partial charge in [0.05, 0.1) is 17.8 Å². The van der Waals surface area contributed by atoms with Crippen LogP contribution >= 0.6 is 0 Å². The molecule has 0 unspecified atom stereocenters. The van der Waals surface area contributed by atoms with E-state index in [0.717, 1.165) is 22.1 Å². The van der Waals surface area contributed by atoms with Gasteiger partial charge in [0.15, 0.2) is 0 Å². The van der Waals surface area contributed by atoms with Crippen LogP contribution in [0.5, 0.6) is 0 Å². The SMILES string of the molecule is [2H]c1c([2H])c([2H])c(-c2c3c([2H])c([2H])c([2H])c([2H])c3c(-c3ccc4oc5c(-c6cccc(C(C)(C)C)c6)cccc5c4c3)c3c([2H])c([2H])c([2H])c([2H])c23)c([2H])c1[2H]. The zero-order chi connectivity index (χ0) is 40.4. The number of hydrogen-bond acceptors (Lipinski definition) is 1. The van der Waals surface area contributed by atoms with Gasteiger partial charge in [-0.15, -0.1) is 0 Å². The Balaban J connectivity index is 1.56. The molecule has 0 amide bonds. The van der Waals surface area contributed by atoms with Crippen molar-refractivity contribution in [3.63, 3.8) is 0 Å². The molecule has 0 saturated heterocycles. The smallest absolute Gasteiger partial charge is 0.143 e. The molecule has 0 N–H and O–H groups in total. The van der Waals surface area contributed by atoms with E-state index in [-0.39, 0.29) is 38.1 Å². The molecule has 7 aromatic carbocycles. The van der Waals surface area contributed by atoms with Gasteiger partial charge in [-0.1, -0.05) is 148 Å². The third kappa shape index (κ3) is 4.15. The largest absolute Gasteiger partial charge is 0.455 e. The van der Waals surface area contributed by atoms with Gasteiger partial charge < -0.3 is 4.42 Å². The van der Waals surface area contributed by atoms with Crippen LogP contribution in [0.3, 0.4) is 0 Å². The fraction of sp³-hybridized carbons (Fsp3) is 0.0952. The van der Waals surface area contributed by atoms with Gasteiger partial charge in [0, 0.05) is 16.3 Å². The molecule has 0 spiro atoms. The van der Waals surface area contributed by atoms with Crippen LogP contribution in [0.4, 0.5) is 0 Å². The van der Waals surface area contributed by atoms with Gasteiger partial charge in [-0.3, -0.25) is 0 Å². The van der Waals surface area contributed by atoms with E-state index in [1.54, 1.807) is 18.2 Å². The topological polar surface area (TPSA) is 13.1 Å². The molecule has 0 bridgehead atoms. The predicted octanol–water partition coefficient (Wildman–Crippen LogP) is 12.2. The van der Waals surface area contributed by atoms with Crippen molar-refractivity contribution in [2.75, 3.05) is 0 Å². The molecule has 8 aromatic rings. The summed E-state index contributed by atoms with van der Waals surface area (Å²) in [4.78, 5) is 0. The van der Waals surface area contributed by atoms with Crippen LogP contribution in [-0.2, 0) is 5.41 Å². The Morgan fingerprint density at radius 1 is 0.512 bits per heavy atom. The van der Waals surface area contributed by atoms with Gasteiger partial charge in [-0.25, -0.2) is 0 Å². The summed E-state index contributed by atoms with van der Waals surface area (Å²) in [6, 6.07) is 10.8. The summed E-state index contributed by atoms with van der Waals surface area (Å²) in [7, 11) is 0. The predicted molar refractivity (Wildman–Crippen MR) is 184 cm³/mol. The summed E-state index contributed by atoms with van der Waals surface area (Å²) in [6.07, 6.45) is 0. The van der Waals surface area contributed by atoms with Crippen LogP contribution in [0, 0.1) is 0 Å². The average molecular weight is 566 g/mol. The van der Waals surface area contributed by atoms with E-state index in [1.807, 2.05) is 30.3 Å². The zero-order valence-corrected chi connectivity index (χ0v) is 23.7. The highest BCUT2D eigenvalue weighted by Gasteiger charge is 2.19. The highest BCUT2D eigenvalue weighted by atomic mass is 16.3. The van der Waals surface area contributed by atoms with Crippen molar-refractivity contribution in [2.24, 2.45) is 0 Å². The molecule has 206 valence electrons. The standard InChI is InChI=1S/C42H32O/c1-42(2,3)30-16-11-15-28(25-30)31-21-12-22-36-37-26-29(23-24-38(37)43-41(31)36)40-34-19-9-7-17-32(34)39(27-13-5-4-6-14-27)33-18-8-10-20-35(33)40/h4-26H,1-3H3/i4D,5D,6D,7D,8D,9D,10D,13D,14D,17D,18D,19D,20D. The lowest BCUT2D eigenvalue weighted by Gasteiger charge is -2.19. The third-order valence-electron chi connectivity index (χ3n) is 7.95. The zero-order valence-electron chi connectivity index (χ0n) is 36.7. The maximum atomic E-state index is 9.25. The molecular formula is C42H32O. The van der Waals surface area contributed by atoms with Crippen molar-refractivity contribution in [1.82, 2.24) is 0 Å². The number of para-hydroxylation sites is 1. The van der Waals surface area contributed by atoms with Crippen molar-refractivity contribution in [1.29, 1.82) is 0 Å². The van der Waals surface area contributed by atoms with E-state index in [0.29, 0.717) is 22.1 Å². The summed E-state index contributed by atoms with van der Waals surface area (Å²) in [5, 5.41) is 0.613. The summed E-state index contributed by atoms with van der Waals surface area (Å²) in [6.45, 7) is 6.42. The maximum absolute atomic E-state index is 9.25. The van der Waals surface area contributed by atoms with Crippen molar-refractivity contribution >= 4 is 43.5 Å². The number of furan rings is 1. The van der Waals surface area contributed by atoms with Crippen LogP contribution in [0.15, 0.2) is 144 Å². The quantitative estimate of drug-likeness (QED) is 0.194. The normalized spacial score (nSPS) is 16.3. The second-order valence-corrected chi connectivity index (χ2v) is 11.6. The molecule has 8 rings (SSSR count). The highest BCUT2D eigenvalue weighted by molar-refractivity contribution is 6.22. The van der Waals surface area contributed by atoms with E-state index in [4.69, 9.17) is 16.8 Å². The highest BCUT2D eigenvalue weighted by Crippen LogP contribution is 2.45. The average Bonchev–Trinajstić information content (AvgIpc) is 3.56. The summed E-state index contributed by atoms with van der Waals surface area (Å²) in [5.74, 6) is 0. The fourth-order valence-electron chi connectivity index (χ4n) is 5.87. The van der Waals surface area contributed by atoms with Gasteiger partial charge in [0.25, 0.3) is 0 Å². The number of fused-ring (bicyclic) bond motifs is 5. The minimum Gasteiger partial charge on any atom is -0.455 e. The van der Waals surface area contributed by atoms with Crippen molar-refractivity contribution in [3.05, 3.63) is 145 Å². The van der Waals surface area contributed by atoms with Crippen molar-refractivity contribution in [2.45, 2.75) is 26.2 Å². The Bertz CT molecular complexity index is 2940. The lowest BCUT2D eigenvalue weighted by Crippen LogP contribution is -2.10. The van der Waals surface area contributed by atoms with E-state index < -0.39 is 84.1 Å². The lowest BCUT2D eigenvalue weighted by molar-refractivity contribution is 0.590. The summed E-state index contributed by atoms with van der Waals surface area (Å²) >= 11 is 0. The first-order valence-corrected chi connectivity index (χ1v) is 14.0. The Labute approximate surface area is 270 Å². The minimum atomic E-state index is -0.713. The Morgan fingerprint density at radius 3 is 1.77 bits per heavy atom. The second kappa shape index (κ2) is 9.71. The fourth-order valence-corrected chi connectivity index (χ4v) is 5.87. The molecule has 0 aliphatic carbocycles. The molecule has 1 nitrogen and oxygen atoms in total. The van der Waals surface area contributed by atoms with E-state index in [2.05, 4.69) is 32.9 Å². The molecule has 0 aliphatic rings. The lowest BCUT2D eigenvalue weighted by atomic mass is 9.85. The summed E-state index contributed by atoms with van der Waals surface area (Å²) in [5.41, 5.74) is 3.62. The molecule has 1 heterocycles. The Hall–Kier alpha value is -5.14. The molecule has 0 saturated carbocycles. The van der Waals surface area contributed by atoms with Crippen molar-refractivity contribution < 1.29 is 22.2 Å². The van der Waals surface area contributed by atoms with E-state index in [9.17, 15) is 5.48 Å². The van der Waals surface area contributed by atoms with Gasteiger partial charge in [-0.2, -0.15) is 0 Å². The van der Waals surface area contributed by atoms with Gasteiger partial charge in [0.1, 0.15) is 11.2 Å².